The molecule has 23 heavy (non-hydrogen) atoms. The number of hydrogen-bond acceptors (Lipinski definition) is 3. The lowest BCUT2D eigenvalue weighted by molar-refractivity contribution is -0.131. The molecule has 0 spiro atoms. The summed E-state index contributed by atoms with van der Waals surface area (Å²) in [5.74, 6) is 0.708. The van der Waals surface area contributed by atoms with Crippen LogP contribution in [0.1, 0.15) is 38.7 Å². The third-order valence-corrected chi connectivity index (χ3v) is 4.28. The molecule has 2 rings (SSSR count). The lowest BCUT2D eigenvalue weighted by Gasteiger charge is -2.31. The number of carbonyl (C=O) groups is 2. The lowest BCUT2D eigenvalue weighted by atomic mass is 10.0. The second kappa shape index (κ2) is 7.99. The van der Waals surface area contributed by atoms with Gasteiger partial charge in [0, 0.05) is 30.9 Å². The second-order valence-electron chi connectivity index (χ2n) is 6.37. The molecule has 1 aromatic rings. The Bertz CT molecular complexity index is 571. The maximum Gasteiger partial charge on any atom is 0.241 e. The number of likely N-dealkylation sites (tertiary alicyclic amines) is 1. The number of hydrogen-bond donors (Lipinski definition) is 2. The third kappa shape index (κ3) is 4.98. The van der Waals surface area contributed by atoms with Crippen molar-refractivity contribution in [1.29, 1.82) is 0 Å². The van der Waals surface area contributed by atoms with E-state index in [1.165, 1.54) is 6.42 Å². The topological polar surface area (TPSA) is 61.4 Å². The number of aryl methyl sites for hydroxylation is 1. The summed E-state index contributed by atoms with van der Waals surface area (Å²) < 4.78 is 0. The van der Waals surface area contributed by atoms with Gasteiger partial charge in [0.1, 0.15) is 0 Å². The van der Waals surface area contributed by atoms with Crippen molar-refractivity contribution >= 4 is 23.2 Å². The number of benzene rings is 1. The van der Waals surface area contributed by atoms with Crippen molar-refractivity contribution in [3.05, 3.63) is 23.8 Å². The molecule has 1 aliphatic rings. The highest BCUT2D eigenvalue weighted by atomic mass is 16.2. The van der Waals surface area contributed by atoms with E-state index in [0.29, 0.717) is 18.9 Å². The monoisotopic (exact) mass is 317 g/mol. The van der Waals surface area contributed by atoms with E-state index in [1.54, 1.807) is 0 Å². The van der Waals surface area contributed by atoms with E-state index in [-0.39, 0.29) is 11.8 Å². The summed E-state index contributed by atoms with van der Waals surface area (Å²) in [6, 6.07) is 5.71. The Hall–Kier alpha value is -2.04. The van der Waals surface area contributed by atoms with Gasteiger partial charge < -0.3 is 15.5 Å². The van der Waals surface area contributed by atoms with Crippen LogP contribution < -0.4 is 10.6 Å². The van der Waals surface area contributed by atoms with E-state index >= 15 is 0 Å². The largest absolute Gasteiger partial charge is 0.376 e. The highest BCUT2D eigenvalue weighted by Crippen LogP contribution is 2.21. The first-order chi connectivity index (χ1) is 11.0. The van der Waals surface area contributed by atoms with Crippen LogP contribution in [0, 0.1) is 12.8 Å². The highest BCUT2D eigenvalue weighted by molar-refractivity contribution is 5.91. The molecule has 1 heterocycles. The van der Waals surface area contributed by atoms with Gasteiger partial charge in [-0.15, -0.1) is 0 Å². The van der Waals surface area contributed by atoms with E-state index in [9.17, 15) is 9.59 Å². The van der Waals surface area contributed by atoms with Gasteiger partial charge in [0.25, 0.3) is 0 Å². The van der Waals surface area contributed by atoms with Crippen LogP contribution in [0.5, 0.6) is 0 Å². The van der Waals surface area contributed by atoms with Crippen molar-refractivity contribution in [2.75, 3.05) is 30.3 Å². The molecule has 5 nitrogen and oxygen atoms in total. The fourth-order valence-corrected chi connectivity index (χ4v) is 2.84. The molecule has 1 fully saturated rings. The van der Waals surface area contributed by atoms with Crippen LogP contribution in [-0.2, 0) is 9.59 Å². The molecule has 0 aromatic heterocycles. The minimum atomic E-state index is -0.0156. The van der Waals surface area contributed by atoms with Crippen LogP contribution in [0.15, 0.2) is 18.2 Å². The number of nitrogens with one attached hydrogen (secondary N) is 2. The summed E-state index contributed by atoms with van der Waals surface area (Å²) >= 11 is 0. The molecule has 0 unspecified atom stereocenters. The molecule has 1 aromatic carbocycles. The van der Waals surface area contributed by atoms with Crippen molar-refractivity contribution in [2.24, 2.45) is 5.92 Å². The van der Waals surface area contributed by atoms with E-state index < -0.39 is 0 Å². The number of amides is 2. The fraction of sp³-hybridized carbons (Fsp3) is 0.556. The second-order valence-corrected chi connectivity index (χ2v) is 6.37. The van der Waals surface area contributed by atoms with Crippen LogP contribution in [0.25, 0.3) is 0 Å². The molecular weight excluding hydrogens is 290 g/mol. The van der Waals surface area contributed by atoms with Gasteiger partial charge in [0.15, 0.2) is 0 Å². The van der Waals surface area contributed by atoms with Gasteiger partial charge in [-0.25, -0.2) is 0 Å². The van der Waals surface area contributed by atoms with Crippen molar-refractivity contribution in [3.63, 3.8) is 0 Å². The summed E-state index contributed by atoms with van der Waals surface area (Å²) in [4.78, 5) is 25.8. The zero-order chi connectivity index (χ0) is 16.8. The average Bonchev–Trinajstić information content (AvgIpc) is 2.54. The van der Waals surface area contributed by atoms with E-state index in [1.807, 2.05) is 36.9 Å². The van der Waals surface area contributed by atoms with Gasteiger partial charge in [-0.1, -0.05) is 19.9 Å². The molecule has 0 radical (unpaired) electrons. The molecule has 2 amide bonds. The van der Waals surface area contributed by atoms with Crippen LogP contribution >= 0.6 is 0 Å². The molecule has 126 valence electrons. The quantitative estimate of drug-likeness (QED) is 0.877. The summed E-state index contributed by atoms with van der Waals surface area (Å²) in [7, 11) is 0. The molecule has 2 N–H and O–H groups in total. The van der Waals surface area contributed by atoms with Gasteiger partial charge in [0.2, 0.25) is 11.8 Å². The summed E-state index contributed by atoms with van der Waals surface area (Å²) in [6.45, 7) is 8.00. The predicted molar refractivity (Wildman–Crippen MR) is 93.6 cm³/mol. The number of anilines is 2. The molecule has 1 atom stereocenters. The van der Waals surface area contributed by atoms with Crippen LogP contribution in [0.3, 0.4) is 0 Å². The molecular formula is C18H27N3O2. The van der Waals surface area contributed by atoms with Crippen molar-refractivity contribution in [3.8, 4) is 0 Å². The minimum absolute atomic E-state index is 0.0156. The number of carbonyl (C=O) groups excluding carboxylic acids is 2. The van der Waals surface area contributed by atoms with E-state index in [4.69, 9.17) is 0 Å². The van der Waals surface area contributed by atoms with Gasteiger partial charge in [0.05, 0.1) is 6.54 Å². The smallest absolute Gasteiger partial charge is 0.241 e. The Kier molecular flexibility index (Phi) is 6.02. The van der Waals surface area contributed by atoms with Gasteiger partial charge in [-0.05, 0) is 43.4 Å². The van der Waals surface area contributed by atoms with Crippen molar-refractivity contribution in [1.82, 2.24) is 4.90 Å². The van der Waals surface area contributed by atoms with Crippen LogP contribution in [-0.4, -0.2) is 36.3 Å². The fourth-order valence-electron chi connectivity index (χ4n) is 2.84. The third-order valence-electron chi connectivity index (χ3n) is 4.28. The molecule has 1 saturated heterocycles. The Morgan fingerprint density at radius 1 is 1.35 bits per heavy atom. The first-order valence-electron chi connectivity index (χ1n) is 8.41. The average molecular weight is 317 g/mol. The Labute approximate surface area is 138 Å². The van der Waals surface area contributed by atoms with Crippen molar-refractivity contribution in [2.45, 2.75) is 40.0 Å². The first-order valence-corrected chi connectivity index (χ1v) is 8.41. The standard InChI is InChI=1S/C18H27N3O2/c1-4-17(22)20-15-8-7-14(3)16(10-15)19-11-18(23)21-9-5-6-13(2)12-21/h7-8,10,13,19H,4-6,9,11-12H2,1-3H3,(H,20,22)/t13-/m1/s1. The summed E-state index contributed by atoms with van der Waals surface area (Å²) in [5, 5.41) is 6.06. The molecule has 1 aliphatic heterocycles. The van der Waals surface area contributed by atoms with Gasteiger partial charge >= 0.3 is 0 Å². The zero-order valence-corrected chi connectivity index (χ0v) is 14.3. The summed E-state index contributed by atoms with van der Waals surface area (Å²) in [6.07, 6.45) is 2.74. The number of piperidine rings is 1. The highest BCUT2D eigenvalue weighted by Gasteiger charge is 2.20. The molecule has 0 bridgehead atoms. The Morgan fingerprint density at radius 3 is 2.83 bits per heavy atom. The lowest BCUT2D eigenvalue weighted by Crippen LogP contribution is -2.42. The van der Waals surface area contributed by atoms with Gasteiger partial charge in [-0.3, -0.25) is 9.59 Å². The van der Waals surface area contributed by atoms with E-state index in [2.05, 4.69) is 17.6 Å². The SMILES string of the molecule is CCC(=O)Nc1ccc(C)c(NCC(=O)N2CCC[C@@H](C)C2)c1. The number of rotatable bonds is 5. The molecule has 0 saturated carbocycles. The zero-order valence-electron chi connectivity index (χ0n) is 14.3. The first kappa shape index (κ1) is 17.3. The normalized spacial score (nSPS) is 17.7. The van der Waals surface area contributed by atoms with Crippen LogP contribution in [0.4, 0.5) is 11.4 Å². The maximum absolute atomic E-state index is 12.3. The number of nitrogens with zero attached hydrogens (tertiary/aromatic N) is 1. The maximum atomic E-state index is 12.3. The van der Waals surface area contributed by atoms with Crippen molar-refractivity contribution < 1.29 is 9.59 Å². The van der Waals surface area contributed by atoms with Gasteiger partial charge in [-0.2, -0.15) is 0 Å². The molecule has 5 heteroatoms. The summed E-state index contributed by atoms with van der Waals surface area (Å²) in [5.41, 5.74) is 2.70. The predicted octanol–water partition coefficient (Wildman–Crippen LogP) is 3.01. The van der Waals surface area contributed by atoms with E-state index in [0.717, 1.165) is 36.4 Å². The Balaban J connectivity index is 1.95. The molecule has 0 aliphatic carbocycles. The van der Waals surface area contributed by atoms with Crippen LogP contribution in [0.2, 0.25) is 0 Å². The minimum Gasteiger partial charge on any atom is -0.376 e. The Morgan fingerprint density at radius 2 is 2.13 bits per heavy atom.